The van der Waals surface area contributed by atoms with Crippen molar-refractivity contribution >= 4 is 17.4 Å². The third-order valence-electron chi connectivity index (χ3n) is 3.04. The van der Waals surface area contributed by atoms with Crippen molar-refractivity contribution in [1.29, 1.82) is 0 Å². The summed E-state index contributed by atoms with van der Waals surface area (Å²) in [7, 11) is 0. The van der Waals surface area contributed by atoms with Crippen molar-refractivity contribution in [2.75, 3.05) is 13.1 Å². The first-order valence-corrected chi connectivity index (χ1v) is 6.11. The van der Waals surface area contributed by atoms with E-state index < -0.39 is 0 Å². The van der Waals surface area contributed by atoms with Crippen LogP contribution >= 0.6 is 11.6 Å². The van der Waals surface area contributed by atoms with Crippen LogP contribution in [0, 0.1) is 5.92 Å². The van der Waals surface area contributed by atoms with Crippen LogP contribution < -0.4 is 5.32 Å². The van der Waals surface area contributed by atoms with Gasteiger partial charge in [0.25, 0.3) is 0 Å². The molecule has 0 amide bonds. The second-order valence-corrected chi connectivity index (χ2v) is 4.57. The summed E-state index contributed by atoms with van der Waals surface area (Å²) >= 11 is 5.69. The number of ketones is 1. The van der Waals surface area contributed by atoms with Gasteiger partial charge < -0.3 is 9.73 Å². The number of hydrogen-bond donors (Lipinski definition) is 1. The average molecular weight is 242 g/mol. The summed E-state index contributed by atoms with van der Waals surface area (Å²) in [6, 6.07) is 3.62. The zero-order valence-corrected chi connectivity index (χ0v) is 9.93. The molecule has 0 aliphatic carbocycles. The molecule has 0 spiro atoms. The Labute approximate surface area is 100 Å². The van der Waals surface area contributed by atoms with E-state index in [2.05, 4.69) is 5.32 Å². The van der Waals surface area contributed by atoms with Gasteiger partial charge in [-0.05, 0) is 43.1 Å². The van der Waals surface area contributed by atoms with E-state index in [1.807, 2.05) is 6.07 Å². The van der Waals surface area contributed by atoms with Gasteiger partial charge in [0.05, 0.1) is 0 Å². The van der Waals surface area contributed by atoms with Crippen LogP contribution in [0.3, 0.4) is 0 Å². The Bertz CT molecular complexity index is 362. The van der Waals surface area contributed by atoms with Gasteiger partial charge in [-0.25, -0.2) is 0 Å². The standard InChI is InChI=1S/C12H16ClNO2/c13-12-4-3-10(16-12)2-1-9-5-7-14-8-6-11(9)15/h3-4,9,14H,1-2,5-8H2. The molecule has 0 saturated carbocycles. The Hall–Kier alpha value is -0.800. The average Bonchev–Trinajstić information content (AvgIpc) is 2.56. The van der Waals surface area contributed by atoms with Crippen molar-refractivity contribution in [1.82, 2.24) is 5.32 Å². The van der Waals surface area contributed by atoms with Gasteiger partial charge in [-0.1, -0.05) is 0 Å². The molecule has 1 aliphatic heterocycles. The fraction of sp³-hybridized carbons (Fsp3) is 0.583. The number of halogens is 1. The number of rotatable bonds is 3. The van der Waals surface area contributed by atoms with Crippen LogP contribution in [0.15, 0.2) is 16.5 Å². The van der Waals surface area contributed by atoms with Gasteiger partial charge >= 0.3 is 0 Å². The molecule has 1 unspecified atom stereocenters. The van der Waals surface area contributed by atoms with E-state index in [-0.39, 0.29) is 5.92 Å². The van der Waals surface area contributed by atoms with Gasteiger partial charge in [0, 0.05) is 25.3 Å². The predicted octanol–water partition coefficient (Wildman–Crippen LogP) is 2.43. The Balaban J connectivity index is 1.86. The maximum Gasteiger partial charge on any atom is 0.193 e. The van der Waals surface area contributed by atoms with Crippen LogP contribution in [0.4, 0.5) is 0 Å². The Morgan fingerprint density at radius 3 is 3.06 bits per heavy atom. The maximum absolute atomic E-state index is 11.7. The van der Waals surface area contributed by atoms with Crippen LogP contribution in [0.25, 0.3) is 0 Å². The molecule has 2 heterocycles. The van der Waals surface area contributed by atoms with Crippen molar-refractivity contribution in [2.24, 2.45) is 5.92 Å². The third-order valence-corrected chi connectivity index (χ3v) is 3.24. The minimum absolute atomic E-state index is 0.180. The molecule has 1 aliphatic rings. The fourth-order valence-corrected chi connectivity index (χ4v) is 2.25. The fourth-order valence-electron chi connectivity index (χ4n) is 2.09. The first-order valence-electron chi connectivity index (χ1n) is 5.73. The summed E-state index contributed by atoms with van der Waals surface area (Å²) in [4.78, 5) is 11.7. The van der Waals surface area contributed by atoms with Crippen molar-refractivity contribution in [3.8, 4) is 0 Å². The molecule has 88 valence electrons. The molecule has 0 radical (unpaired) electrons. The molecule has 1 aromatic rings. The third kappa shape index (κ3) is 3.09. The Morgan fingerprint density at radius 1 is 1.44 bits per heavy atom. The van der Waals surface area contributed by atoms with Gasteiger partial charge in [-0.3, -0.25) is 4.79 Å². The smallest absolute Gasteiger partial charge is 0.193 e. The quantitative estimate of drug-likeness (QED) is 0.884. The van der Waals surface area contributed by atoms with Gasteiger partial charge in [0.1, 0.15) is 11.5 Å². The van der Waals surface area contributed by atoms with E-state index in [1.165, 1.54) is 0 Å². The summed E-state index contributed by atoms with van der Waals surface area (Å²) in [5.41, 5.74) is 0. The molecular weight excluding hydrogens is 226 g/mol. The Morgan fingerprint density at radius 2 is 2.31 bits per heavy atom. The normalized spacial score (nSPS) is 22.1. The lowest BCUT2D eigenvalue weighted by molar-refractivity contribution is -0.122. The second kappa shape index (κ2) is 5.51. The SMILES string of the molecule is O=C1CCNCCC1CCc1ccc(Cl)o1. The molecule has 1 atom stereocenters. The molecule has 4 heteroatoms. The molecule has 1 fully saturated rings. The largest absolute Gasteiger partial charge is 0.450 e. The minimum atomic E-state index is 0.180. The van der Waals surface area contributed by atoms with E-state index in [4.69, 9.17) is 16.0 Å². The summed E-state index contributed by atoms with van der Waals surface area (Å²) in [6.07, 6.45) is 3.25. The van der Waals surface area contributed by atoms with Crippen LogP contribution in [0.1, 0.15) is 25.0 Å². The lowest BCUT2D eigenvalue weighted by atomic mass is 9.93. The molecular formula is C12H16ClNO2. The molecule has 2 rings (SSSR count). The number of hydrogen-bond acceptors (Lipinski definition) is 3. The number of nitrogens with one attached hydrogen (secondary N) is 1. The van der Waals surface area contributed by atoms with E-state index in [0.717, 1.165) is 38.1 Å². The van der Waals surface area contributed by atoms with Gasteiger partial charge in [0.15, 0.2) is 5.22 Å². The van der Waals surface area contributed by atoms with E-state index in [9.17, 15) is 4.79 Å². The molecule has 16 heavy (non-hydrogen) atoms. The number of carbonyl (C=O) groups excluding carboxylic acids is 1. The van der Waals surface area contributed by atoms with Crippen molar-refractivity contribution in [3.05, 3.63) is 23.1 Å². The summed E-state index contributed by atoms with van der Waals surface area (Å²) in [5.74, 6) is 1.43. The van der Waals surface area contributed by atoms with Crippen LogP contribution in [0.5, 0.6) is 0 Å². The number of Topliss-reactive ketones (excluding diaryl/α,β-unsaturated/α-hetero) is 1. The molecule has 0 bridgehead atoms. The lowest BCUT2D eigenvalue weighted by Gasteiger charge is -2.10. The predicted molar refractivity (Wildman–Crippen MR) is 62.6 cm³/mol. The zero-order chi connectivity index (χ0) is 11.4. The monoisotopic (exact) mass is 241 g/mol. The van der Waals surface area contributed by atoms with E-state index >= 15 is 0 Å². The zero-order valence-electron chi connectivity index (χ0n) is 9.17. The van der Waals surface area contributed by atoms with Crippen LogP contribution in [0.2, 0.25) is 5.22 Å². The van der Waals surface area contributed by atoms with Crippen molar-refractivity contribution in [3.63, 3.8) is 0 Å². The molecule has 0 aromatic carbocycles. The van der Waals surface area contributed by atoms with Crippen molar-refractivity contribution in [2.45, 2.75) is 25.7 Å². The summed E-state index contributed by atoms with van der Waals surface area (Å²) in [5, 5.41) is 3.66. The maximum atomic E-state index is 11.7. The Kier molecular flexibility index (Phi) is 4.02. The summed E-state index contributed by atoms with van der Waals surface area (Å²) < 4.78 is 5.28. The molecule has 1 saturated heterocycles. The topological polar surface area (TPSA) is 42.2 Å². The highest BCUT2D eigenvalue weighted by atomic mass is 35.5. The highest BCUT2D eigenvalue weighted by molar-refractivity contribution is 6.28. The first-order chi connectivity index (χ1) is 7.75. The first kappa shape index (κ1) is 11.7. The van der Waals surface area contributed by atoms with Crippen LogP contribution in [-0.2, 0) is 11.2 Å². The number of carbonyl (C=O) groups is 1. The highest BCUT2D eigenvalue weighted by Crippen LogP contribution is 2.20. The summed E-state index contributed by atoms with van der Waals surface area (Å²) in [6.45, 7) is 1.76. The van der Waals surface area contributed by atoms with E-state index in [1.54, 1.807) is 6.07 Å². The lowest BCUT2D eigenvalue weighted by Crippen LogP contribution is -2.14. The van der Waals surface area contributed by atoms with Crippen LogP contribution in [-0.4, -0.2) is 18.9 Å². The minimum Gasteiger partial charge on any atom is -0.450 e. The molecule has 1 aromatic heterocycles. The van der Waals surface area contributed by atoms with E-state index in [0.29, 0.717) is 17.4 Å². The number of aryl methyl sites for hydroxylation is 1. The van der Waals surface area contributed by atoms with Gasteiger partial charge in [-0.2, -0.15) is 0 Å². The molecule has 1 N–H and O–H groups in total. The van der Waals surface area contributed by atoms with Gasteiger partial charge in [0.2, 0.25) is 0 Å². The number of furan rings is 1. The van der Waals surface area contributed by atoms with Crippen molar-refractivity contribution < 1.29 is 9.21 Å². The molecule has 3 nitrogen and oxygen atoms in total. The highest BCUT2D eigenvalue weighted by Gasteiger charge is 2.20. The second-order valence-electron chi connectivity index (χ2n) is 4.20. The van der Waals surface area contributed by atoms with Gasteiger partial charge in [-0.15, -0.1) is 0 Å².